The van der Waals surface area contributed by atoms with Crippen LogP contribution in [0.5, 0.6) is 5.75 Å². The zero-order chi connectivity index (χ0) is 13.3. The Morgan fingerprint density at radius 2 is 2.22 bits per heavy atom. The van der Waals surface area contributed by atoms with Crippen LogP contribution in [0.4, 0.5) is 10.1 Å². The summed E-state index contributed by atoms with van der Waals surface area (Å²) in [7, 11) is 1.30. The molecule has 1 aromatic heterocycles. The summed E-state index contributed by atoms with van der Waals surface area (Å²) in [6.45, 7) is 1.69. The highest BCUT2D eigenvalue weighted by Crippen LogP contribution is 2.30. The number of aryl methyl sites for hydroxylation is 1. The molecule has 94 valence electrons. The minimum Gasteiger partial charge on any atom is -0.494 e. The number of ether oxygens (including phenoxy) is 1. The number of methoxy groups -OCH3 is 1. The Labute approximate surface area is 102 Å². The quantitative estimate of drug-likeness (QED) is 0.619. The van der Waals surface area contributed by atoms with Gasteiger partial charge in [0.05, 0.1) is 18.1 Å². The first-order valence-corrected chi connectivity index (χ1v) is 5.07. The third-order valence-electron chi connectivity index (χ3n) is 2.53. The van der Waals surface area contributed by atoms with E-state index in [9.17, 15) is 14.5 Å². The maximum absolute atomic E-state index is 13.5. The number of nitro benzene ring substituents is 1. The molecule has 0 aliphatic heterocycles. The van der Waals surface area contributed by atoms with Crippen molar-refractivity contribution in [2.75, 3.05) is 7.11 Å². The molecule has 2 aromatic rings. The average Bonchev–Trinajstić information content (AvgIpc) is 2.75. The number of nitrogens with zero attached hydrogens (tertiary/aromatic N) is 3. The van der Waals surface area contributed by atoms with Crippen molar-refractivity contribution in [2.24, 2.45) is 0 Å². The molecule has 0 aliphatic carbocycles. The number of halogens is 1. The second-order valence-corrected chi connectivity index (χ2v) is 3.58. The van der Waals surface area contributed by atoms with Crippen LogP contribution < -0.4 is 4.74 Å². The first-order chi connectivity index (χ1) is 8.54. The molecule has 0 spiro atoms. The van der Waals surface area contributed by atoms with E-state index in [2.05, 4.69) is 4.98 Å². The average molecular weight is 251 g/mol. The predicted molar refractivity (Wildman–Crippen MR) is 61.5 cm³/mol. The van der Waals surface area contributed by atoms with Gasteiger partial charge in [-0.15, -0.1) is 0 Å². The van der Waals surface area contributed by atoms with Gasteiger partial charge in [-0.1, -0.05) is 0 Å². The van der Waals surface area contributed by atoms with Gasteiger partial charge in [0.2, 0.25) is 0 Å². The number of benzene rings is 1. The van der Waals surface area contributed by atoms with Gasteiger partial charge in [-0.2, -0.15) is 0 Å². The van der Waals surface area contributed by atoms with Gasteiger partial charge in [0.15, 0.2) is 11.6 Å². The molecule has 0 atom stereocenters. The number of nitro groups is 1. The molecule has 0 saturated carbocycles. The standard InChI is InChI=1S/C11H10FN3O3/c1-7-13-3-4-14(7)9-6-11(18-2)8(12)5-10(9)15(16)17/h3-6H,1-2H3. The number of hydrogen-bond donors (Lipinski definition) is 0. The normalized spacial score (nSPS) is 10.4. The molecule has 0 aliphatic rings. The number of rotatable bonds is 3. The number of imidazole rings is 1. The van der Waals surface area contributed by atoms with Crippen LogP contribution in [0.15, 0.2) is 24.5 Å². The van der Waals surface area contributed by atoms with E-state index >= 15 is 0 Å². The molecule has 7 heteroatoms. The Bertz CT molecular complexity index is 610. The summed E-state index contributed by atoms with van der Waals surface area (Å²) in [5, 5.41) is 10.9. The van der Waals surface area contributed by atoms with E-state index in [1.165, 1.54) is 23.9 Å². The fourth-order valence-corrected chi connectivity index (χ4v) is 1.66. The smallest absolute Gasteiger partial charge is 0.296 e. The lowest BCUT2D eigenvalue weighted by molar-refractivity contribution is -0.384. The van der Waals surface area contributed by atoms with E-state index in [1.807, 2.05) is 0 Å². The van der Waals surface area contributed by atoms with Crippen molar-refractivity contribution < 1.29 is 14.1 Å². The van der Waals surface area contributed by atoms with E-state index in [4.69, 9.17) is 4.74 Å². The second kappa shape index (κ2) is 4.44. The van der Waals surface area contributed by atoms with Gasteiger partial charge in [0.25, 0.3) is 5.69 Å². The summed E-state index contributed by atoms with van der Waals surface area (Å²) in [4.78, 5) is 14.3. The molecule has 18 heavy (non-hydrogen) atoms. The highest BCUT2D eigenvalue weighted by atomic mass is 19.1. The van der Waals surface area contributed by atoms with Crippen molar-refractivity contribution in [3.05, 3.63) is 46.3 Å². The van der Waals surface area contributed by atoms with E-state index in [-0.39, 0.29) is 17.1 Å². The van der Waals surface area contributed by atoms with Crippen LogP contribution in [-0.4, -0.2) is 21.6 Å². The van der Waals surface area contributed by atoms with Crippen molar-refractivity contribution in [1.29, 1.82) is 0 Å². The van der Waals surface area contributed by atoms with Crippen molar-refractivity contribution in [1.82, 2.24) is 9.55 Å². The van der Waals surface area contributed by atoms with Crippen LogP contribution in [0, 0.1) is 22.9 Å². The first-order valence-electron chi connectivity index (χ1n) is 5.07. The minimum absolute atomic E-state index is 0.0521. The SMILES string of the molecule is COc1cc(-n2ccnc2C)c([N+](=O)[O-])cc1F. The maximum atomic E-state index is 13.5. The molecule has 1 aromatic carbocycles. The largest absolute Gasteiger partial charge is 0.494 e. The summed E-state index contributed by atoms with van der Waals surface area (Å²) < 4.78 is 19.8. The lowest BCUT2D eigenvalue weighted by Gasteiger charge is -2.09. The summed E-state index contributed by atoms with van der Waals surface area (Å²) in [6.07, 6.45) is 3.07. The van der Waals surface area contributed by atoms with Crippen molar-refractivity contribution in [3.63, 3.8) is 0 Å². The molecule has 0 bridgehead atoms. The van der Waals surface area contributed by atoms with Gasteiger partial charge in [-0.25, -0.2) is 9.37 Å². The Morgan fingerprint density at radius 3 is 2.72 bits per heavy atom. The Morgan fingerprint density at radius 1 is 1.50 bits per heavy atom. The van der Waals surface area contributed by atoms with Crippen LogP contribution in [0.3, 0.4) is 0 Å². The fourth-order valence-electron chi connectivity index (χ4n) is 1.66. The van der Waals surface area contributed by atoms with Crippen LogP contribution in [0.2, 0.25) is 0 Å². The fraction of sp³-hybridized carbons (Fsp3) is 0.182. The van der Waals surface area contributed by atoms with Gasteiger partial charge in [0, 0.05) is 18.5 Å². The van der Waals surface area contributed by atoms with Gasteiger partial charge < -0.3 is 4.74 Å². The highest BCUT2D eigenvalue weighted by molar-refractivity contribution is 5.57. The molecule has 0 unspecified atom stereocenters. The minimum atomic E-state index is -0.772. The lowest BCUT2D eigenvalue weighted by atomic mass is 10.2. The molecular formula is C11H10FN3O3. The first kappa shape index (κ1) is 12.0. The predicted octanol–water partition coefficient (Wildman–Crippen LogP) is 2.24. The number of aromatic nitrogens is 2. The summed E-state index contributed by atoms with van der Waals surface area (Å²) in [5.41, 5.74) is -0.123. The van der Waals surface area contributed by atoms with Crippen molar-refractivity contribution >= 4 is 5.69 Å². The molecule has 6 nitrogen and oxygen atoms in total. The van der Waals surface area contributed by atoms with Crippen molar-refractivity contribution in [2.45, 2.75) is 6.92 Å². The Balaban J connectivity index is 2.71. The van der Waals surface area contributed by atoms with Crippen LogP contribution >= 0.6 is 0 Å². The zero-order valence-corrected chi connectivity index (χ0v) is 9.75. The van der Waals surface area contributed by atoms with Crippen LogP contribution in [0.1, 0.15) is 5.82 Å². The van der Waals surface area contributed by atoms with Gasteiger partial charge in [0.1, 0.15) is 11.5 Å². The van der Waals surface area contributed by atoms with E-state index in [0.717, 1.165) is 6.07 Å². The molecule has 0 amide bonds. The van der Waals surface area contributed by atoms with Crippen molar-refractivity contribution in [3.8, 4) is 11.4 Å². The topological polar surface area (TPSA) is 70.2 Å². The molecule has 0 saturated heterocycles. The molecule has 2 rings (SSSR count). The van der Waals surface area contributed by atoms with E-state index in [0.29, 0.717) is 5.82 Å². The molecule has 0 N–H and O–H groups in total. The Hall–Kier alpha value is -2.44. The Kier molecular flexibility index (Phi) is 2.97. The van der Waals surface area contributed by atoms with E-state index in [1.54, 1.807) is 13.1 Å². The summed E-state index contributed by atoms with van der Waals surface area (Å²) in [6, 6.07) is 2.12. The summed E-state index contributed by atoms with van der Waals surface area (Å²) in [5.74, 6) is -0.263. The lowest BCUT2D eigenvalue weighted by Crippen LogP contribution is -2.03. The molecule has 0 radical (unpaired) electrons. The zero-order valence-electron chi connectivity index (χ0n) is 9.75. The van der Waals surface area contributed by atoms with Crippen LogP contribution in [-0.2, 0) is 0 Å². The van der Waals surface area contributed by atoms with E-state index < -0.39 is 10.7 Å². The van der Waals surface area contributed by atoms with Crippen LogP contribution in [0.25, 0.3) is 5.69 Å². The second-order valence-electron chi connectivity index (χ2n) is 3.58. The van der Waals surface area contributed by atoms with Gasteiger partial charge in [-0.05, 0) is 6.92 Å². The van der Waals surface area contributed by atoms with Gasteiger partial charge >= 0.3 is 0 Å². The van der Waals surface area contributed by atoms with Gasteiger partial charge in [-0.3, -0.25) is 14.7 Å². The third kappa shape index (κ3) is 1.90. The highest BCUT2D eigenvalue weighted by Gasteiger charge is 2.21. The molecule has 0 fully saturated rings. The third-order valence-corrected chi connectivity index (χ3v) is 2.53. The molecule has 1 heterocycles. The summed E-state index contributed by atoms with van der Waals surface area (Å²) >= 11 is 0. The number of hydrogen-bond acceptors (Lipinski definition) is 4. The molecular weight excluding hydrogens is 241 g/mol. The maximum Gasteiger partial charge on any atom is 0.296 e. The monoisotopic (exact) mass is 251 g/mol.